The van der Waals surface area contributed by atoms with E-state index in [9.17, 15) is 110 Å². The second kappa shape index (κ2) is 20.0. The molecule has 74 heavy (non-hydrogen) atoms. The van der Waals surface area contributed by atoms with Crippen LogP contribution in [0.1, 0.15) is 60.4 Å². The zero-order valence-corrected chi connectivity index (χ0v) is 36.1. The monoisotopic (exact) mass is 1090 g/mol. The van der Waals surface area contributed by atoms with E-state index >= 15 is 0 Å². The van der Waals surface area contributed by atoms with Gasteiger partial charge in [0.25, 0.3) is 0 Å². The molecule has 0 unspecified atom stereocenters. The summed E-state index contributed by atoms with van der Waals surface area (Å²) in [6, 6.07) is -1.39. The molecule has 0 atom stereocenters. The fourth-order valence-electron chi connectivity index (χ4n) is 7.69. The first kappa shape index (κ1) is 57.9. The van der Waals surface area contributed by atoms with Crippen molar-refractivity contribution in [1.29, 1.82) is 0 Å². The highest BCUT2D eigenvalue weighted by Crippen LogP contribution is 2.41. The quantitative estimate of drug-likeness (QED) is 0.0692. The minimum atomic E-state index is -6.13. The van der Waals surface area contributed by atoms with E-state index in [1.807, 2.05) is 35.2 Å². The molecule has 0 saturated heterocycles. The Hall–Kier alpha value is -6.97. The van der Waals surface area contributed by atoms with Crippen LogP contribution in [-0.4, -0.2) is 24.2 Å². The molecule has 0 N–H and O–H groups in total. The molecule has 0 radical (unpaired) electrons. The standard InChI is InChI=1S/C32H12BF24.C13H13N2O2/c34-25(35,36)13-1-14(26(37,38)39)6-21(5-13)33(22-7-15(27(40,41)42)2-16(8-22)28(43,44)45,23-9-17(29(46,47)48)3-18(10-23)30(49,50)51)24-11-19(31(52,53)54)4-20(12-24)32(55,56)57;1-17-13(16)12-5-3-2-4-11(12)10-15-8-6-14-7-9-15/h1-12H;2-9H,10H2,1H3/q-1;+1. The first-order valence-corrected chi connectivity index (χ1v) is 19.9. The van der Waals surface area contributed by atoms with Gasteiger partial charge in [0.2, 0.25) is 0 Å². The number of methoxy groups -OCH3 is 1. The average Bonchev–Trinajstić information content (AvgIpc) is 3.27. The predicted octanol–water partition coefficient (Wildman–Crippen LogP) is 12.4. The number of carbonyl (C=O) groups is 1. The summed E-state index contributed by atoms with van der Waals surface area (Å²) in [6.07, 6.45) is -47.7. The Morgan fingerprint density at radius 3 is 0.892 bits per heavy atom. The van der Waals surface area contributed by atoms with E-state index in [0.717, 1.165) is 5.56 Å². The van der Waals surface area contributed by atoms with Crippen molar-refractivity contribution in [3.05, 3.63) is 177 Å². The van der Waals surface area contributed by atoms with Gasteiger partial charge in [-0.25, -0.2) is 4.79 Å². The lowest BCUT2D eigenvalue weighted by Gasteiger charge is -2.46. The Labute approximate surface area is 398 Å². The molecule has 6 rings (SSSR count). The van der Waals surface area contributed by atoms with E-state index in [2.05, 4.69) is 4.98 Å². The third kappa shape index (κ3) is 13.2. The molecule has 0 amide bonds. The lowest BCUT2D eigenvalue weighted by atomic mass is 9.12. The summed E-state index contributed by atoms with van der Waals surface area (Å²) < 4.78 is 348. The number of benzene rings is 5. The zero-order chi connectivity index (χ0) is 56.0. The van der Waals surface area contributed by atoms with Gasteiger partial charge < -0.3 is 4.74 Å². The van der Waals surface area contributed by atoms with Crippen molar-refractivity contribution in [3.8, 4) is 0 Å². The molecular formula is C45H25BF24N2O2. The van der Waals surface area contributed by atoms with Crippen molar-refractivity contribution in [2.45, 2.75) is 56.0 Å². The summed E-state index contributed by atoms with van der Waals surface area (Å²) in [7, 11) is 1.39. The normalized spacial score (nSPS) is 13.3. The minimum absolute atomic E-state index is 0.310. The number of hydrogen-bond acceptors (Lipinski definition) is 3. The van der Waals surface area contributed by atoms with Gasteiger partial charge in [0, 0.05) is 5.56 Å². The SMILES string of the molecule is COC(=O)c1ccccc1C[n+]1ccncc1.FC(F)(F)c1cc([B-](c2cc(C(F)(F)F)cc(C(F)(F)F)c2)(c2cc(C(F)(F)F)cc(C(F)(F)F)c2)c2cc(C(F)(F)F)cc(C(F)(F)F)c2)cc(C(F)(F)F)c1. The zero-order valence-electron chi connectivity index (χ0n) is 36.1. The predicted molar refractivity (Wildman–Crippen MR) is 211 cm³/mol. The minimum Gasteiger partial charge on any atom is -0.465 e. The van der Waals surface area contributed by atoms with Gasteiger partial charge in [0.15, 0.2) is 18.9 Å². The van der Waals surface area contributed by atoms with E-state index in [-0.39, 0.29) is 5.97 Å². The van der Waals surface area contributed by atoms with Crippen LogP contribution in [-0.2, 0) is 60.7 Å². The summed E-state index contributed by atoms with van der Waals surface area (Å²) in [4.78, 5) is 15.5. The fraction of sp³-hybridized carbons (Fsp3) is 0.222. The van der Waals surface area contributed by atoms with Gasteiger partial charge in [-0.2, -0.15) is 132 Å². The summed E-state index contributed by atoms with van der Waals surface area (Å²) >= 11 is 0. The van der Waals surface area contributed by atoms with Gasteiger partial charge in [-0.15, -0.1) is 0 Å². The van der Waals surface area contributed by atoms with Crippen molar-refractivity contribution in [3.63, 3.8) is 0 Å². The fourth-order valence-corrected chi connectivity index (χ4v) is 7.69. The van der Waals surface area contributed by atoms with Crippen LogP contribution in [0.5, 0.6) is 0 Å². The highest BCUT2D eigenvalue weighted by Gasteiger charge is 2.47. The Kier molecular flexibility index (Phi) is 15.7. The van der Waals surface area contributed by atoms with Crippen LogP contribution in [0.4, 0.5) is 105 Å². The first-order chi connectivity index (χ1) is 33.6. The van der Waals surface area contributed by atoms with E-state index in [0.29, 0.717) is 12.1 Å². The van der Waals surface area contributed by atoms with Gasteiger partial charge in [0.1, 0.15) is 6.15 Å². The largest absolute Gasteiger partial charge is 0.465 e. The molecule has 1 heterocycles. The van der Waals surface area contributed by atoms with E-state index in [4.69, 9.17) is 4.74 Å². The molecule has 398 valence electrons. The molecular weight excluding hydrogens is 1070 g/mol. The Morgan fingerprint density at radius 1 is 0.419 bits per heavy atom. The smallest absolute Gasteiger partial charge is 0.416 e. The second-order valence-electron chi connectivity index (χ2n) is 15.8. The van der Waals surface area contributed by atoms with Crippen LogP contribution in [0.15, 0.2) is 122 Å². The maximum atomic E-state index is 14.2. The maximum absolute atomic E-state index is 14.2. The van der Waals surface area contributed by atoms with Crippen molar-refractivity contribution in [2.24, 2.45) is 0 Å². The Bertz CT molecular complexity index is 2550. The maximum Gasteiger partial charge on any atom is 0.416 e. The number of rotatable bonds is 7. The van der Waals surface area contributed by atoms with E-state index in [1.54, 1.807) is 18.5 Å². The van der Waals surface area contributed by atoms with Crippen LogP contribution in [0.25, 0.3) is 0 Å². The van der Waals surface area contributed by atoms with Crippen LogP contribution in [0, 0.1) is 0 Å². The molecule has 29 heteroatoms. The van der Waals surface area contributed by atoms with Crippen LogP contribution in [0.2, 0.25) is 0 Å². The van der Waals surface area contributed by atoms with Crippen LogP contribution < -0.4 is 26.4 Å². The summed E-state index contributed by atoms with van der Waals surface area (Å²) in [5.41, 5.74) is -28.7. The topological polar surface area (TPSA) is 43.1 Å². The number of carbonyl (C=O) groups excluding carboxylic acids is 1. The second-order valence-corrected chi connectivity index (χ2v) is 15.8. The molecule has 0 aliphatic carbocycles. The Morgan fingerprint density at radius 2 is 0.662 bits per heavy atom. The number of esters is 1. The van der Waals surface area contributed by atoms with Crippen molar-refractivity contribution < 1.29 is 119 Å². The summed E-state index contributed by atoms with van der Waals surface area (Å²) in [6.45, 7) is 0.619. The number of hydrogen-bond donors (Lipinski definition) is 0. The molecule has 0 saturated carbocycles. The third-order valence-electron chi connectivity index (χ3n) is 10.9. The van der Waals surface area contributed by atoms with Gasteiger partial charge in [-0.1, -0.05) is 66.7 Å². The van der Waals surface area contributed by atoms with Crippen LogP contribution in [0.3, 0.4) is 0 Å². The molecule has 4 nitrogen and oxygen atoms in total. The number of alkyl halides is 24. The van der Waals surface area contributed by atoms with Gasteiger partial charge in [-0.3, -0.25) is 4.98 Å². The molecule has 6 aromatic rings. The van der Waals surface area contributed by atoms with Gasteiger partial charge in [-0.05, 0) is 30.3 Å². The summed E-state index contributed by atoms with van der Waals surface area (Å²) in [5.74, 6) is -0.310. The van der Waals surface area contributed by atoms with Crippen molar-refractivity contribution >= 4 is 34.0 Å². The lowest BCUT2D eigenvalue weighted by Crippen LogP contribution is -2.75. The number of halogens is 24. The molecule has 1 aromatic heterocycles. The molecule has 0 aliphatic heterocycles. The van der Waals surface area contributed by atoms with Crippen molar-refractivity contribution in [2.75, 3.05) is 7.11 Å². The molecule has 0 aliphatic rings. The number of aromatic nitrogens is 2. The first-order valence-electron chi connectivity index (χ1n) is 19.9. The van der Waals surface area contributed by atoms with E-state index < -0.39 is 195 Å². The van der Waals surface area contributed by atoms with Gasteiger partial charge in [0.05, 0.1) is 69.6 Å². The summed E-state index contributed by atoms with van der Waals surface area (Å²) in [5, 5.41) is 0. The van der Waals surface area contributed by atoms with Gasteiger partial charge >= 0.3 is 55.4 Å². The Balaban J connectivity index is 0.000000500. The van der Waals surface area contributed by atoms with Crippen molar-refractivity contribution in [1.82, 2.24) is 4.98 Å². The molecule has 0 spiro atoms. The number of ether oxygens (including phenoxy) is 1. The molecule has 0 bridgehead atoms. The highest BCUT2D eigenvalue weighted by molar-refractivity contribution is 7.20. The number of nitrogens with zero attached hydrogens (tertiary/aromatic N) is 2. The highest BCUT2D eigenvalue weighted by atomic mass is 19.4. The lowest BCUT2D eigenvalue weighted by molar-refractivity contribution is -0.688. The van der Waals surface area contributed by atoms with E-state index in [1.165, 1.54) is 7.11 Å². The average molecular weight is 1090 g/mol. The molecule has 5 aromatic carbocycles. The molecule has 0 fully saturated rings. The third-order valence-corrected chi connectivity index (χ3v) is 10.9. The van der Waals surface area contributed by atoms with Crippen LogP contribution >= 0.6 is 0 Å².